The zero-order valence-electron chi connectivity index (χ0n) is 12.0. The van der Waals surface area contributed by atoms with Crippen LogP contribution >= 0.6 is 0 Å². The number of amides is 1. The lowest BCUT2D eigenvalue weighted by molar-refractivity contribution is -0.122. The summed E-state index contributed by atoms with van der Waals surface area (Å²) in [5, 5.41) is 2.99. The monoisotopic (exact) mass is 282 g/mol. The van der Waals surface area contributed by atoms with E-state index in [0.29, 0.717) is 18.2 Å². The van der Waals surface area contributed by atoms with Gasteiger partial charge in [-0.3, -0.25) is 9.78 Å². The summed E-state index contributed by atoms with van der Waals surface area (Å²) < 4.78 is 5.23. The molecular formula is C17H18N2O2. The van der Waals surface area contributed by atoms with Crippen molar-refractivity contribution >= 4 is 5.91 Å². The molecule has 0 bridgehead atoms. The van der Waals surface area contributed by atoms with Crippen LogP contribution < -0.4 is 10.1 Å². The molecule has 2 atom stereocenters. The van der Waals surface area contributed by atoms with Crippen LogP contribution in [-0.4, -0.2) is 18.0 Å². The maximum atomic E-state index is 12.2. The van der Waals surface area contributed by atoms with Crippen LogP contribution in [0.1, 0.15) is 23.5 Å². The average Bonchev–Trinajstić information content (AvgIpc) is 3.34. The molecule has 2 aromatic rings. The molecular weight excluding hydrogens is 264 g/mol. The number of carbonyl (C=O) groups excluding carboxylic acids is 1. The minimum absolute atomic E-state index is 0.0974. The van der Waals surface area contributed by atoms with Gasteiger partial charge < -0.3 is 10.1 Å². The summed E-state index contributed by atoms with van der Waals surface area (Å²) >= 11 is 0. The molecule has 1 fully saturated rings. The van der Waals surface area contributed by atoms with Crippen LogP contribution in [0.3, 0.4) is 0 Å². The molecule has 1 aromatic heterocycles. The van der Waals surface area contributed by atoms with Gasteiger partial charge in [0.25, 0.3) is 0 Å². The van der Waals surface area contributed by atoms with Crippen molar-refractivity contribution in [2.75, 3.05) is 7.11 Å². The van der Waals surface area contributed by atoms with Crippen LogP contribution in [0.4, 0.5) is 0 Å². The number of nitrogens with zero attached hydrogens (tertiary/aromatic N) is 1. The lowest BCUT2D eigenvalue weighted by atomic mass is 10.1. The van der Waals surface area contributed by atoms with Crippen LogP contribution in [-0.2, 0) is 11.3 Å². The first-order valence-electron chi connectivity index (χ1n) is 7.09. The van der Waals surface area contributed by atoms with Crippen molar-refractivity contribution in [1.29, 1.82) is 0 Å². The number of nitrogens with one attached hydrogen (secondary N) is 1. The highest BCUT2D eigenvalue weighted by molar-refractivity contribution is 5.82. The Kier molecular flexibility index (Phi) is 3.86. The number of methoxy groups -OCH3 is 1. The Morgan fingerprint density at radius 1 is 1.33 bits per heavy atom. The third-order valence-electron chi connectivity index (χ3n) is 3.90. The van der Waals surface area contributed by atoms with E-state index in [4.69, 9.17) is 4.74 Å². The summed E-state index contributed by atoms with van der Waals surface area (Å²) in [6.45, 7) is 0.475. The molecule has 0 radical (unpaired) electrons. The Morgan fingerprint density at radius 2 is 2.14 bits per heavy atom. The molecule has 4 heteroatoms. The molecule has 0 spiro atoms. The molecule has 0 unspecified atom stereocenters. The summed E-state index contributed by atoms with van der Waals surface area (Å²) in [7, 11) is 1.61. The molecule has 1 aromatic carbocycles. The Balaban J connectivity index is 1.56. The molecule has 1 amide bonds. The molecule has 4 nitrogen and oxygen atoms in total. The first kappa shape index (κ1) is 13.6. The van der Waals surface area contributed by atoms with Crippen molar-refractivity contribution in [3.63, 3.8) is 0 Å². The quantitative estimate of drug-likeness (QED) is 0.916. The van der Waals surface area contributed by atoms with Crippen molar-refractivity contribution in [3.05, 3.63) is 59.9 Å². The van der Waals surface area contributed by atoms with E-state index in [-0.39, 0.29) is 11.8 Å². The van der Waals surface area contributed by atoms with Crippen LogP contribution in [0.5, 0.6) is 5.75 Å². The van der Waals surface area contributed by atoms with Crippen molar-refractivity contribution < 1.29 is 9.53 Å². The number of rotatable bonds is 5. The van der Waals surface area contributed by atoms with Crippen molar-refractivity contribution in [2.45, 2.75) is 18.9 Å². The molecule has 3 rings (SSSR count). The fourth-order valence-corrected chi connectivity index (χ4v) is 2.61. The Morgan fingerprint density at radius 3 is 2.90 bits per heavy atom. The van der Waals surface area contributed by atoms with E-state index in [9.17, 15) is 4.79 Å². The first-order chi connectivity index (χ1) is 10.3. The molecule has 21 heavy (non-hydrogen) atoms. The molecule has 1 saturated carbocycles. The van der Waals surface area contributed by atoms with Crippen LogP contribution in [0.2, 0.25) is 0 Å². The minimum atomic E-state index is 0.0974. The van der Waals surface area contributed by atoms with Crippen molar-refractivity contribution in [1.82, 2.24) is 10.3 Å². The average molecular weight is 282 g/mol. The second kappa shape index (κ2) is 5.95. The Bertz CT molecular complexity index is 628. The van der Waals surface area contributed by atoms with Gasteiger partial charge in [-0.25, -0.2) is 0 Å². The third-order valence-corrected chi connectivity index (χ3v) is 3.90. The van der Waals surface area contributed by atoms with E-state index in [1.807, 2.05) is 24.3 Å². The second-order valence-corrected chi connectivity index (χ2v) is 5.26. The fraction of sp³-hybridized carbons (Fsp3) is 0.294. The molecule has 108 valence electrons. The SMILES string of the molecule is COc1cnccc1CNC(=O)[C@H]1C[C@@H]1c1ccccc1. The molecule has 1 N–H and O–H groups in total. The lowest BCUT2D eigenvalue weighted by Gasteiger charge is -2.09. The van der Waals surface area contributed by atoms with Gasteiger partial charge in [0.05, 0.1) is 13.3 Å². The molecule has 0 saturated heterocycles. The van der Waals surface area contributed by atoms with Gasteiger partial charge in [0.15, 0.2) is 0 Å². The highest BCUT2D eigenvalue weighted by atomic mass is 16.5. The smallest absolute Gasteiger partial charge is 0.224 e. The van der Waals surface area contributed by atoms with E-state index < -0.39 is 0 Å². The predicted molar refractivity (Wildman–Crippen MR) is 79.9 cm³/mol. The summed E-state index contributed by atoms with van der Waals surface area (Å²) in [6, 6.07) is 12.1. The molecule has 1 aliphatic rings. The summed E-state index contributed by atoms with van der Waals surface area (Å²) in [6.07, 6.45) is 4.29. The number of ether oxygens (including phenoxy) is 1. The van der Waals surface area contributed by atoms with Crippen molar-refractivity contribution in [2.24, 2.45) is 5.92 Å². The minimum Gasteiger partial charge on any atom is -0.495 e. The number of carbonyl (C=O) groups is 1. The van der Waals surface area contributed by atoms with Gasteiger partial charge in [0.1, 0.15) is 5.75 Å². The first-order valence-corrected chi connectivity index (χ1v) is 7.09. The maximum absolute atomic E-state index is 12.2. The van der Waals surface area contributed by atoms with Crippen LogP contribution in [0.15, 0.2) is 48.8 Å². The van der Waals surface area contributed by atoms with E-state index >= 15 is 0 Å². The van der Waals surface area contributed by atoms with Gasteiger partial charge in [0, 0.05) is 24.2 Å². The highest BCUT2D eigenvalue weighted by Gasteiger charge is 2.43. The third kappa shape index (κ3) is 3.05. The number of hydrogen-bond donors (Lipinski definition) is 1. The van der Waals surface area contributed by atoms with E-state index in [0.717, 1.165) is 12.0 Å². The second-order valence-electron chi connectivity index (χ2n) is 5.26. The van der Waals surface area contributed by atoms with Gasteiger partial charge >= 0.3 is 0 Å². The van der Waals surface area contributed by atoms with Gasteiger partial charge in [-0.05, 0) is 24.0 Å². The molecule has 0 aliphatic heterocycles. The standard InChI is InChI=1S/C17H18N2O2/c1-21-16-11-18-8-7-13(16)10-19-17(20)15-9-14(15)12-5-3-2-4-6-12/h2-8,11,14-15H,9-10H2,1H3,(H,19,20)/t14-,15+/m1/s1. The van der Waals surface area contributed by atoms with Gasteiger partial charge in [-0.15, -0.1) is 0 Å². The van der Waals surface area contributed by atoms with E-state index in [1.54, 1.807) is 19.5 Å². The van der Waals surface area contributed by atoms with Gasteiger partial charge in [-0.2, -0.15) is 0 Å². The van der Waals surface area contributed by atoms with E-state index in [1.165, 1.54) is 5.56 Å². The summed E-state index contributed by atoms with van der Waals surface area (Å²) in [5.74, 6) is 1.28. The summed E-state index contributed by atoms with van der Waals surface area (Å²) in [4.78, 5) is 16.2. The Labute approximate surface area is 124 Å². The zero-order chi connectivity index (χ0) is 14.7. The fourth-order valence-electron chi connectivity index (χ4n) is 2.61. The highest BCUT2D eigenvalue weighted by Crippen LogP contribution is 2.47. The normalized spacial score (nSPS) is 19.9. The number of pyridine rings is 1. The summed E-state index contributed by atoms with van der Waals surface area (Å²) in [5.41, 5.74) is 2.19. The molecule has 1 aliphatic carbocycles. The number of aromatic nitrogens is 1. The Hall–Kier alpha value is -2.36. The van der Waals surface area contributed by atoms with Gasteiger partial charge in [0.2, 0.25) is 5.91 Å². The maximum Gasteiger partial charge on any atom is 0.224 e. The molecule has 1 heterocycles. The predicted octanol–water partition coefficient (Wildman–Crippen LogP) is 2.51. The number of benzene rings is 1. The largest absolute Gasteiger partial charge is 0.495 e. The van der Waals surface area contributed by atoms with Crippen LogP contribution in [0, 0.1) is 5.92 Å². The number of hydrogen-bond acceptors (Lipinski definition) is 3. The van der Waals surface area contributed by atoms with Gasteiger partial charge in [-0.1, -0.05) is 30.3 Å². The lowest BCUT2D eigenvalue weighted by Crippen LogP contribution is -2.25. The van der Waals surface area contributed by atoms with Crippen LogP contribution in [0.25, 0.3) is 0 Å². The van der Waals surface area contributed by atoms with E-state index in [2.05, 4.69) is 22.4 Å². The van der Waals surface area contributed by atoms with Crippen molar-refractivity contribution in [3.8, 4) is 5.75 Å². The zero-order valence-corrected chi connectivity index (χ0v) is 12.0. The topological polar surface area (TPSA) is 51.2 Å².